The van der Waals surface area contributed by atoms with E-state index in [1.54, 1.807) is 6.07 Å². The molecule has 1 atom stereocenters. The summed E-state index contributed by atoms with van der Waals surface area (Å²) in [4.78, 5) is 0. The SMILES string of the molecule is CN[C@H](C)Cc1cc(F)c2oc(F)cc2c1. The molecule has 0 unspecified atom stereocenters. The van der Waals surface area contributed by atoms with Crippen molar-refractivity contribution in [1.82, 2.24) is 5.32 Å². The predicted octanol–water partition coefficient (Wildman–Crippen LogP) is 2.86. The van der Waals surface area contributed by atoms with Gasteiger partial charge in [0, 0.05) is 17.5 Å². The number of likely N-dealkylation sites (N-methyl/N-ethyl adjacent to an activating group) is 1. The molecule has 0 aliphatic heterocycles. The first kappa shape index (κ1) is 11.1. The van der Waals surface area contributed by atoms with Crippen LogP contribution in [0.25, 0.3) is 11.0 Å². The molecule has 1 heterocycles. The van der Waals surface area contributed by atoms with E-state index in [-0.39, 0.29) is 11.6 Å². The van der Waals surface area contributed by atoms with Crippen LogP contribution in [0.15, 0.2) is 22.6 Å². The van der Waals surface area contributed by atoms with Gasteiger partial charge in [-0.25, -0.2) is 4.39 Å². The minimum Gasteiger partial charge on any atom is -0.428 e. The molecule has 0 amide bonds. The molecule has 0 saturated carbocycles. The molecule has 0 bridgehead atoms. The maximum atomic E-state index is 13.5. The molecule has 1 aromatic heterocycles. The Labute approximate surface area is 92.2 Å². The van der Waals surface area contributed by atoms with Gasteiger partial charge in [-0.2, -0.15) is 4.39 Å². The summed E-state index contributed by atoms with van der Waals surface area (Å²) in [6.45, 7) is 2.00. The van der Waals surface area contributed by atoms with E-state index in [1.807, 2.05) is 14.0 Å². The number of nitrogens with one attached hydrogen (secondary N) is 1. The van der Waals surface area contributed by atoms with Gasteiger partial charge in [-0.3, -0.25) is 0 Å². The van der Waals surface area contributed by atoms with Gasteiger partial charge in [0.05, 0.1) is 0 Å². The van der Waals surface area contributed by atoms with Gasteiger partial charge in [-0.1, -0.05) is 0 Å². The second-order valence-electron chi connectivity index (χ2n) is 3.94. The van der Waals surface area contributed by atoms with Crippen LogP contribution >= 0.6 is 0 Å². The molecule has 0 radical (unpaired) electrons. The maximum Gasteiger partial charge on any atom is 0.278 e. The number of fused-ring (bicyclic) bond motifs is 1. The average molecular weight is 225 g/mol. The van der Waals surface area contributed by atoms with E-state index in [1.165, 1.54) is 12.1 Å². The first-order valence-corrected chi connectivity index (χ1v) is 5.15. The molecule has 0 spiro atoms. The van der Waals surface area contributed by atoms with Crippen LogP contribution in [0.4, 0.5) is 8.78 Å². The lowest BCUT2D eigenvalue weighted by Gasteiger charge is -2.09. The standard InChI is InChI=1S/C12H13F2NO/c1-7(15-2)3-8-4-9-6-11(14)16-12(9)10(13)5-8/h4-7,15H,3H2,1-2H3/t7-/m1/s1. The van der Waals surface area contributed by atoms with E-state index in [0.29, 0.717) is 11.8 Å². The van der Waals surface area contributed by atoms with Crippen molar-refractivity contribution in [3.63, 3.8) is 0 Å². The number of halogens is 2. The lowest BCUT2D eigenvalue weighted by molar-refractivity contribution is 0.374. The summed E-state index contributed by atoms with van der Waals surface area (Å²) >= 11 is 0. The van der Waals surface area contributed by atoms with Crippen molar-refractivity contribution in [3.8, 4) is 0 Å². The minimum absolute atomic E-state index is 0.0154. The zero-order chi connectivity index (χ0) is 11.7. The molecule has 16 heavy (non-hydrogen) atoms. The highest BCUT2D eigenvalue weighted by atomic mass is 19.1. The van der Waals surface area contributed by atoms with Crippen molar-refractivity contribution in [1.29, 1.82) is 0 Å². The van der Waals surface area contributed by atoms with Gasteiger partial charge in [0.25, 0.3) is 6.01 Å². The van der Waals surface area contributed by atoms with E-state index in [4.69, 9.17) is 0 Å². The predicted molar refractivity (Wildman–Crippen MR) is 58.4 cm³/mol. The quantitative estimate of drug-likeness (QED) is 0.868. The van der Waals surface area contributed by atoms with Crippen LogP contribution in [0.3, 0.4) is 0 Å². The van der Waals surface area contributed by atoms with Crippen LogP contribution in [0, 0.1) is 11.8 Å². The third kappa shape index (κ3) is 2.07. The minimum atomic E-state index is -0.757. The first-order valence-electron chi connectivity index (χ1n) is 5.15. The Balaban J connectivity index is 2.41. The summed E-state index contributed by atoms with van der Waals surface area (Å²) in [5, 5.41) is 3.53. The number of rotatable bonds is 3. The zero-order valence-electron chi connectivity index (χ0n) is 9.18. The van der Waals surface area contributed by atoms with Crippen molar-refractivity contribution >= 4 is 11.0 Å². The van der Waals surface area contributed by atoms with E-state index in [9.17, 15) is 8.78 Å². The van der Waals surface area contributed by atoms with Gasteiger partial charge in [-0.05, 0) is 38.1 Å². The van der Waals surface area contributed by atoms with Gasteiger partial charge < -0.3 is 9.73 Å². The molecule has 1 aromatic carbocycles. The highest BCUT2D eigenvalue weighted by molar-refractivity contribution is 5.78. The zero-order valence-corrected chi connectivity index (χ0v) is 9.18. The van der Waals surface area contributed by atoms with E-state index < -0.39 is 11.8 Å². The molecular formula is C12H13F2NO. The molecule has 0 fully saturated rings. The van der Waals surface area contributed by atoms with Crippen molar-refractivity contribution in [2.45, 2.75) is 19.4 Å². The fraction of sp³-hybridized carbons (Fsp3) is 0.333. The van der Waals surface area contributed by atoms with E-state index in [2.05, 4.69) is 9.73 Å². The largest absolute Gasteiger partial charge is 0.428 e. The average Bonchev–Trinajstić information content (AvgIpc) is 2.59. The fourth-order valence-corrected chi connectivity index (χ4v) is 1.71. The monoisotopic (exact) mass is 225 g/mol. The van der Waals surface area contributed by atoms with Crippen LogP contribution < -0.4 is 5.32 Å². The van der Waals surface area contributed by atoms with Crippen LogP contribution in [0.2, 0.25) is 0 Å². The Hall–Kier alpha value is -1.42. The Bertz CT molecular complexity index is 507. The van der Waals surface area contributed by atoms with Gasteiger partial charge in [0.15, 0.2) is 11.4 Å². The van der Waals surface area contributed by atoms with Crippen molar-refractivity contribution in [2.24, 2.45) is 0 Å². The normalized spacial score (nSPS) is 13.2. The molecule has 0 aliphatic carbocycles. The van der Waals surface area contributed by atoms with Crippen LogP contribution in [-0.2, 0) is 6.42 Å². The molecule has 1 N–H and O–H groups in total. The number of benzene rings is 1. The third-order valence-corrected chi connectivity index (χ3v) is 2.64. The van der Waals surface area contributed by atoms with Crippen molar-refractivity contribution in [2.75, 3.05) is 7.05 Å². The second-order valence-corrected chi connectivity index (χ2v) is 3.94. The second kappa shape index (κ2) is 4.22. The Kier molecular flexibility index (Phi) is 2.92. The molecule has 86 valence electrons. The number of hydrogen-bond donors (Lipinski definition) is 1. The molecule has 2 rings (SSSR count). The highest BCUT2D eigenvalue weighted by Crippen LogP contribution is 2.23. The molecule has 0 aliphatic rings. The topological polar surface area (TPSA) is 25.2 Å². The Morgan fingerprint density at radius 3 is 2.75 bits per heavy atom. The number of hydrogen-bond acceptors (Lipinski definition) is 2. The van der Waals surface area contributed by atoms with Gasteiger partial charge in [0.2, 0.25) is 0 Å². The fourth-order valence-electron chi connectivity index (χ4n) is 1.71. The molecule has 2 aromatic rings. The van der Waals surface area contributed by atoms with E-state index in [0.717, 1.165) is 5.56 Å². The Morgan fingerprint density at radius 2 is 2.06 bits per heavy atom. The number of furan rings is 1. The van der Waals surface area contributed by atoms with Crippen LogP contribution in [0.1, 0.15) is 12.5 Å². The molecular weight excluding hydrogens is 212 g/mol. The van der Waals surface area contributed by atoms with E-state index >= 15 is 0 Å². The van der Waals surface area contributed by atoms with Gasteiger partial charge in [0.1, 0.15) is 0 Å². The highest BCUT2D eigenvalue weighted by Gasteiger charge is 2.11. The summed E-state index contributed by atoms with van der Waals surface area (Å²) in [5.74, 6) is -0.514. The summed E-state index contributed by atoms with van der Waals surface area (Å²) in [7, 11) is 1.84. The lowest BCUT2D eigenvalue weighted by atomic mass is 10.1. The smallest absolute Gasteiger partial charge is 0.278 e. The van der Waals surface area contributed by atoms with Crippen LogP contribution in [-0.4, -0.2) is 13.1 Å². The summed E-state index contributed by atoms with van der Waals surface area (Å²) in [5.41, 5.74) is 0.811. The van der Waals surface area contributed by atoms with Crippen molar-refractivity contribution in [3.05, 3.63) is 35.6 Å². The maximum absolute atomic E-state index is 13.5. The van der Waals surface area contributed by atoms with Gasteiger partial charge in [-0.15, -0.1) is 0 Å². The van der Waals surface area contributed by atoms with Crippen molar-refractivity contribution < 1.29 is 13.2 Å². The molecule has 0 saturated heterocycles. The lowest BCUT2D eigenvalue weighted by Crippen LogP contribution is -2.23. The summed E-state index contributed by atoms with van der Waals surface area (Å²) in [6.07, 6.45) is 0.691. The Morgan fingerprint density at radius 1 is 1.31 bits per heavy atom. The molecule has 4 heteroatoms. The summed E-state index contributed by atoms with van der Waals surface area (Å²) in [6, 6.07) is 3.82. The van der Waals surface area contributed by atoms with Gasteiger partial charge >= 0.3 is 0 Å². The first-order chi connectivity index (χ1) is 7.60. The molecule has 2 nitrogen and oxygen atoms in total. The summed E-state index contributed by atoms with van der Waals surface area (Å²) < 4.78 is 31.0. The third-order valence-electron chi connectivity index (χ3n) is 2.64. The van der Waals surface area contributed by atoms with Crippen LogP contribution in [0.5, 0.6) is 0 Å².